The molecule has 0 N–H and O–H groups in total. The molecule has 1 rings (SSSR count). The van der Waals surface area contributed by atoms with Crippen LogP contribution in [0.1, 0.15) is 51.9 Å². The fourth-order valence-electron chi connectivity index (χ4n) is 2.14. The van der Waals surface area contributed by atoms with E-state index in [1.807, 2.05) is 0 Å². The SMILES string of the molecule is CCCCCN(C)C1CCCC1. The summed E-state index contributed by atoms with van der Waals surface area (Å²) in [7, 11) is 2.30. The Hall–Kier alpha value is -0.0400. The van der Waals surface area contributed by atoms with Crippen LogP contribution in [0, 0.1) is 0 Å². The van der Waals surface area contributed by atoms with Gasteiger partial charge in [-0.1, -0.05) is 32.6 Å². The zero-order chi connectivity index (χ0) is 8.81. The van der Waals surface area contributed by atoms with Crippen LogP contribution >= 0.6 is 0 Å². The Morgan fingerprint density at radius 3 is 2.42 bits per heavy atom. The lowest BCUT2D eigenvalue weighted by Crippen LogP contribution is -2.29. The van der Waals surface area contributed by atoms with Gasteiger partial charge in [-0.2, -0.15) is 0 Å². The number of unbranched alkanes of at least 4 members (excludes halogenated alkanes) is 2. The zero-order valence-corrected chi connectivity index (χ0v) is 8.68. The molecule has 0 amide bonds. The summed E-state index contributed by atoms with van der Waals surface area (Å²) >= 11 is 0. The summed E-state index contributed by atoms with van der Waals surface area (Å²) in [5.41, 5.74) is 0. The minimum absolute atomic E-state index is 0.918. The van der Waals surface area contributed by atoms with Crippen molar-refractivity contribution in [1.82, 2.24) is 4.90 Å². The average molecular weight is 169 g/mol. The first-order valence-electron chi connectivity index (χ1n) is 5.55. The van der Waals surface area contributed by atoms with Crippen molar-refractivity contribution in [1.29, 1.82) is 0 Å². The maximum Gasteiger partial charge on any atom is 0.00922 e. The highest BCUT2D eigenvalue weighted by Gasteiger charge is 2.18. The van der Waals surface area contributed by atoms with E-state index in [-0.39, 0.29) is 0 Å². The van der Waals surface area contributed by atoms with Gasteiger partial charge in [0.1, 0.15) is 0 Å². The van der Waals surface area contributed by atoms with E-state index in [0.29, 0.717) is 0 Å². The van der Waals surface area contributed by atoms with Crippen molar-refractivity contribution in [3.05, 3.63) is 0 Å². The standard InChI is InChI=1S/C11H23N/c1-3-4-7-10-12(2)11-8-5-6-9-11/h11H,3-10H2,1-2H3. The third kappa shape index (κ3) is 3.14. The van der Waals surface area contributed by atoms with Crippen LogP contribution in [0.25, 0.3) is 0 Å². The lowest BCUT2D eigenvalue weighted by atomic mass is 10.2. The van der Waals surface area contributed by atoms with Gasteiger partial charge in [-0.15, -0.1) is 0 Å². The highest BCUT2D eigenvalue weighted by Crippen LogP contribution is 2.22. The molecule has 0 aromatic carbocycles. The third-order valence-electron chi connectivity index (χ3n) is 3.06. The summed E-state index contributed by atoms with van der Waals surface area (Å²) in [4.78, 5) is 2.57. The lowest BCUT2D eigenvalue weighted by molar-refractivity contribution is 0.241. The second-order valence-electron chi connectivity index (χ2n) is 4.13. The highest BCUT2D eigenvalue weighted by atomic mass is 15.1. The molecule has 0 radical (unpaired) electrons. The molecule has 0 atom stereocenters. The van der Waals surface area contributed by atoms with Gasteiger partial charge in [0.15, 0.2) is 0 Å². The van der Waals surface area contributed by atoms with Gasteiger partial charge in [-0.05, 0) is 32.9 Å². The zero-order valence-electron chi connectivity index (χ0n) is 8.68. The molecule has 1 aliphatic carbocycles. The van der Waals surface area contributed by atoms with Crippen molar-refractivity contribution in [3.8, 4) is 0 Å². The van der Waals surface area contributed by atoms with Crippen LogP contribution in [0.2, 0.25) is 0 Å². The molecule has 0 spiro atoms. The van der Waals surface area contributed by atoms with E-state index in [2.05, 4.69) is 18.9 Å². The van der Waals surface area contributed by atoms with Gasteiger partial charge in [-0.25, -0.2) is 0 Å². The molecule has 1 fully saturated rings. The Labute approximate surface area is 77.1 Å². The molecule has 0 heterocycles. The van der Waals surface area contributed by atoms with Crippen molar-refractivity contribution >= 4 is 0 Å². The van der Waals surface area contributed by atoms with E-state index >= 15 is 0 Å². The fourth-order valence-corrected chi connectivity index (χ4v) is 2.14. The summed E-state index contributed by atoms with van der Waals surface area (Å²) in [6.07, 6.45) is 9.95. The quantitative estimate of drug-likeness (QED) is 0.572. The van der Waals surface area contributed by atoms with Crippen LogP contribution in [0.5, 0.6) is 0 Å². The first-order chi connectivity index (χ1) is 5.84. The molecule has 1 aliphatic rings. The molecule has 12 heavy (non-hydrogen) atoms. The molecule has 0 bridgehead atoms. The Bertz CT molecular complexity index is 106. The average Bonchev–Trinajstić information content (AvgIpc) is 2.56. The van der Waals surface area contributed by atoms with Crippen LogP contribution in [0.3, 0.4) is 0 Å². The second kappa shape index (κ2) is 5.58. The predicted molar refractivity (Wildman–Crippen MR) is 54.4 cm³/mol. The third-order valence-corrected chi connectivity index (χ3v) is 3.06. The second-order valence-corrected chi connectivity index (χ2v) is 4.13. The van der Waals surface area contributed by atoms with Crippen molar-refractivity contribution in [2.75, 3.05) is 13.6 Å². The topological polar surface area (TPSA) is 3.24 Å². The summed E-state index contributed by atoms with van der Waals surface area (Å²) in [5, 5.41) is 0. The molecule has 0 aliphatic heterocycles. The number of rotatable bonds is 5. The number of hydrogen-bond donors (Lipinski definition) is 0. The van der Waals surface area contributed by atoms with E-state index in [1.165, 1.54) is 51.5 Å². The Balaban J connectivity index is 2.05. The van der Waals surface area contributed by atoms with E-state index in [0.717, 1.165) is 6.04 Å². The van der Waals surface area contributed by atoms with Gasteiger partial charge in [-0.3, -0.25) is 0 Å². The predicted octanol–water partition coefficient (Wildman–Crippen LogP) is 3.05. The van der Waals surface area contributed by atoms with Gasteiger partial charge in [0.25, 0.3) is 0 Å². The molecule has 0 saturated heterocycles. The molecular formula is C11H23N. The molecule has 72 valence electrons. The van der Waals surface area contributed by atoms with Gasteiger partial charge in [0.05, 0.1) is 0 Å². The molecule has 0 unspecified atom stereocenters. The number of nitrogens with zero attached hydrogens (tertiary/aromatic N) is 1. The van der Waals surface area contributed by atoms with Crippen LogP contribution < -0.4 is 0 Å². The van der Waals surface area contributed by atoms with Crippen molar-refractivity contribution in [2.24, 2.45) is 0 Å². The first kappa shape index (κ1) is 10.0. The first-order valence-corrected chi connectivity index (χ1v) is 5.55. The molecule has 1 nitrogen and oxygen atoms in total. The van der Waals surface area contributed by atoms with Crippen molar-refractivity contribution < 1.29 is 0 Å². The molecule has 0 aromatic rings. The van der Waals surface area contributed by atoms with E-state index in [1.54, 1.807) is 0 Å². The van der Waals surface area contributed by atoms with Gasteiger partial charge in [0.2, 0.25) is 0 Å². The summed E-state index contributed by atoms with van der Waals surface area (Å²) in [6.45, 7) is 3.59. The van der Waals surface area contributed by atoms with Crippen LogP contribution in [0.15, 0.2) is 0 Å². The summed E-state index contributed by atoms with van der Waals surface area (Å²) in [5.74, 6) is 0. The Kier molecular flexibility index (Phi) is 4.67. The van der Waals surface area contributed by atoms with Crippen LogP contribution in [-0.2, 0) is 0 Å². The maximum absolute atomic E-state index is 2.57. The largest absolute Gasteiger partial charge is 0.303 e. The maximum atomic E-state index is 2.57. The van der Waals surface area contributed by atoms with E-state index < -0.39 is 0 Å². The Morgan fingerprint density at radius 1 is 1.17 bits per heavy atom. The number of hydrogen-bond acceptors (Lipinski definition) is 1. The molecule has 1 heteroatoms. The van der Waals surface area contributed by atoms with Crippen LogP contribution in [-0.4, -0.2) is 24.5 Å². The molecular weight excluding hydrogens is 146 g/mol. The Morgan fingerprint density at radius 2 is 1.83 bits per heavy atom. The summed E-state index contributed by atoms with van der Waals surface area (Å²) < 4.78 is 0. The van der Waals surface area contributed by atoms with E-state index in [9.17, 15) is 0 Å². The van der Waals surface area contributed by atoms with Crippen LogP contribution in [0.4, 0.5) is 0 Å². The smallest absolute Gasteiger partial charge is 0.00922 e. The minimum atomic E-state index is 0.918. The highest BCUT2D eigenvalue weighted by molar-refractivity contribution is 4.74. The van der Waals surface area contributed by atoms with Gasteiger partial charge < -0.3 is 4.90 Å². The fraction of sp³-hybridized carbons (Fsp3) is 1.00. The van der Waals surface area contributed by atoms with Crippen molar-refractivity contribution in [3.63, 3.8) is 0 Å². The van der Waals surface area contributed by atoms with E-state index in [4.69, 9.17) is 0 Å². The monoisotopic (exact) mass is 169 g/mol. The summed E-state index contributed by atoms with van der Waals surface area (Å²) in [6, 6.07) is 0.918. The molecule has 1 saturated carbocycles. The lowest BCUT2D eigenvalue weighted by Gasteiger charge is -2.23. The van der Waals surface area contributed by atoms with Gasteiger partial charge in [0, 0.05) is 6.04 Å². The minimum Gasteiger partial charge on any atom is -0.303 e. The molecule has 0 aromatic heterocycles. The van der Waals surface area contributed by atoms with Gasteiger partial charge >= 0.3 is 0 Å². The normalized spacial score (nSPS) is 19.2. The van der Waals surface area contributed by atoms with Crippen molar-refractivity contribution in [2.45, 2.75) is 57.9 Å².